The summed E-state index contributed by atoms with van der Waals surface area (Å²) < 4.78 is 52.0. The Kier molecular flexibility index (Phi) is 10.1. The maximum atomic E-state index is 14.3. The van der Waals surface area contributed by atoms with Crippen LogP contribution in [0.15, 0.2) is 48.8 Å². The smallest absolute Gasteiger partial charge is 0.435 e. The van der Waals surface area contributed by atoms with Gasteiger partial charge in [-0.2, -0.15) is 23.5 Å². The quantitative estimate of drug-likeness (QED) is 0.224. The second-order valence-corrected chi connectivity index (χ2v) is 13.8. The normalized spacial score (nSPS) is 13.6. The van der Waals surface area contributed by atoms with Gasteiger partial charge in [0.05, 0.1) is 51.7 Å². The van der Waals surface area contributed by atoms with Crippen molar-refractivity contribution in [1.29, 1.82) is 5.26 Å². The Morgan fingerprint density at radius 2 is 1.76 bits per heavy atom. The topological polar surface area (TPSA) is 176 Å². The third kappa shape index (κ3) is 7.59. The number of piperazine rings is 1. The molecule has 0 bridgehead atoms. The lowest BCUT2D eigenvalue weighted by molar-refractivity contribution is -0.140. The molecular weight excluding hydrogens is 733 g/mol. The average Bonchev–Trinajstić information content (AvgIpc) is 3.82. The van der Waals surface area contributed by atoms with Crippen molar-refractivity contribution in [3.63, 3.8) is 0 Å². The highest BCUT2D eigenvalue weighted by Gasteiger charge is 2.39. The van der Waals surface area contributed by atoms with Gasteiger partial charge in [0.1, 0.15) is 12.1 Å². The predicted molar refractivity (Wildman–Crippen MR) is 189 cm³/mol. The predicted octanol–water partition coefficient (Wildman–Crippen LogP) is 5.26. The first-order valence-electron chi connectivity index (χ1n) is 16.5. The zero-order valence-corrected chi connectivity index (χ0v) is 30.2. The molecule has 3 amide bonds. The molecule has 2 N–H and O–H groups in total. The third-order valence-electron chi connectivity index (χ3n) is 8.58. The molecule has 54 heavy (non-hydrogen) atoms. The van der Waals surface area contributed by atoms with E-state index in [1.165, 1.54) is 46.8 Å². The summed E-state index contributed by atoms with van der Waals surface area (Å²) >= 11 is 6.47. The fourth-order valence-electron chi connectivity index (χ4n) is 6.00. The first-order valence-corrected chi connectivity index (χ1v) is 16.9. The summed E-state index contributed by atoms with van der Waals surface area (Å²) in [6.07, 6.45) is -3.10. The number of nitrogens with one attached hydrogen (secondary N) is 1. The number of nitriles is 1. The molecule has 5 heterocycles. The SMILES string of the molecule is Cn1c(-c2cn(-c3ccc4c(cc(CO)n4CC#N)n3)nc2C(F)(F)F)cnc1C(=O)Nc1ccc(C(=O)N2CCN(C(=O)OC(C)(C)C)CC2)c(Cl)c1. The van der Waals surface area contributed by atoms with Crippen LogP contribution in [0.2, 0.25) is 5.02 Å². The van der Waals surface area contributed by atoms with Gasteiger partial charge < -0.3 is 34.1 Å². The second-order valence-electron chi connectivity index (χ2n) is 13.4. The van der Waals surface area contributed by atoms with Gasteiger partial charge in [0, 0.05) is 50.8 Å². The Hall–Kier alpha value is -5.93. The van der Waals surface area contributed by atoms with Crippen molar-refractivity contribution in [3.8, 4) is 23.1 Å². The molecule has 15 nitrogen and oxygen atoms in total. The molecule has 1 aliphatic rings. The van der Waals surface area contributed by atoms with E-state index in [4.69, 9.17) is 21.6 Å². The molecule has 1 fully saturated rings. The third-order valence-corrected chi connectivity index (χ3v) is 8.89. The zero-order valence-electron chi connectivity index (χ0n) is 29.5. The highest BCUT2D eigenvalue weighted by Crippen LogP contribution is 2.37. The minimum atomic E-state index is -4.89. The molecule has 1 aromatic carbocycles. The van der Waals surface area contributed by atoms with Crippen LogP contribution in [-0.4, -0.2) is 93.5 Å². The minimum absolute atomic E-state index is 0.0415. The molecule has 19 heteroatoms. The van der Waals surface area contributed by atoms with Crippen molar-refractivity contribution in [2.24, 2.45) is 7.05 Å². The van der Waals surface area contributed by atoms with Crippen molar-refractivity contribution in [2.75, 3.05) is 31.5 Å². The van der Waals surface area contributed by atoms with Crippen LogP contribution in [-0.2, 0) is 31.1 Å². The van der Waals surface area contributed by atoms with Crippen LogP contribution in [0.5, 0.6) is 0 Å². The van der Waals surface area contributed by atoms with E-state index in [1.807, 2.05) is 6.07 Å². The number of anilines is 1. The maximum absolute atomic E-state index is 14.3. The van der Waals surface area contributed by atoms with Gasteiger partial charge in [0.15, 0.2) is 17.3 Å². The van der Waals surface area contributed by atoms with Crippen molar-refractivity contribution in [3.05, 3.63) is 76.6 Å². The molecule has 1 aliphatic heterocycles. The number of carbonyl (C=O) groups is 3. The van der Waals surface area contributed by atoms with Crippen LogP contribution >= 0.6 is 11.6 Å². The summed E-state index contributed by atoms with van der Waals surface area (Å²) in [6, 6.07) is 10.8. The van der Waals surface area contributed by atoms with E-state index < -0.39 is 29.5 Å². The highest BCUT2D eigenvalue weighted by atomic mass is 35.5. The van der Waals surface area contributed by atoms with E-state index in [2.05, 4.69) is 20.4 Å². The van der Waals surface area contributed by atoms with E-state index in [9.17, 15) is 32.7 Å². The number of imidazole rings is 1. The number of halogens is 4. The van der Waals surface area contributed by atoms with E-state index in [0.29, 0.717) is 16.7 Å². The Balaban J connectivity index is 1.18. The van der Waals surface area contributed by atoms with Crippen LogP contribution in [0.25, 0.3) is 28.1 Å². The van der Waals surface area contributed by atoms with Crippen LogP contribution in [0.3, 0.4) is 0 Å². The number of pyridine rings is 1. The van der Waals surface area contributed by atoms with Crippen molar-refractivity contribution in [2.45, 2.75) is 45.7 Å². The molecule has 0 atom stereocenters. The molecule has 0 unspecified atom stereocenters. The molecule has 0 radical (unpaired) electrons. The fraction of sp³-hybridized carbons (Fsp3) is 0.343. The number of aliphatic hydroxyl groups is 1. The zero-order chi connectivity index (χ0) is 39.1. The molecule has 1 saturated heterocycles. The number of amides is 3. The standard InChI is InChI=1S/C35H34ClF3N10O5/c1-34(2,3)54-33(53)47-13-11-46(12-14-47)32(52)22-6-5-20(15-24(22)36)42-31(51)30-41-17-27(45(30)4)23-18-49(44-29(23)35(37,38)39)28-8-7-26-25(43-28)16-21(19-50)48(26)10-9-40/h5-8,15-18,50H,10-14,19H2,1-4H3,(H,42,51). The Morgan fingerprint density at radius 3 is 2.39 bits per heavy atom. The van der Waals surface area contributed by atoms with E-state index >= 15 is 0 Å². The Bertz CT molecular complexity index is 2310. The van der Waals surface area contributed by atoms with Gasteiger partial charge in [0.2, 0.25) is 0 Å². The van der Waals surface area contributed by atoms with Crippen LogP contribution in [0, 0.1) is 11.3 Å². The number of hydrogen-bond acceptors (Lipinski definition) is 9. The number of hydrogen-bond donors (Lipinski definition) is 2. The molecule has 4 aromatic heterocycles. The Labute approximate surface area is 311 Å². The summed E-state index contributed by atoms with van der Waals surface area (Å²) in [5, 5.41) is 25.3. The summed E-state index contributed by atoms with van der Waals surface area (Å²) in [7, 11) is 1.38. The molecule has 6 rings (SSSR count). The summed E-state index contributed by atoms with van der Waals surface area (Å²) in [5.41, 5.74) is -0.671. The lowest BCUT2D eigenvalue weighted by Crippen LogP contribution is -2.51. The van der Waals surface area contributed by atoms with Gasteiger partial charge in [0.25, 0.3) is 11.8 Å². The number of rotatable bonds is 7. The van der Waals surface area contributed by atoms with Gasteiger partial charge in [-0.15, -0.1) is 0 Å². The van der Waals surface area contributed by atoms with Crippen LogP contribution < -0.4 is 5.32 Å². The van der Waals surface area contributed by atoms with Crippen molar-refractivity contribution < 1.29 is 37.4 Å². The van der Waals surface area contributed by atoms with Gasteiger partial charge in [-0.1, -0.05) is 11.6 Å². The summed E-state index contributed by atoms with van der Waals surface area (Å²) in [5.74, 6) is -1.30. The number of aliphatic hydroxyl groups excluding tert-OH is 1. The average molecular weight is 767 g/mol. The lowest BCUT2D eigenvalue weighted by atomic mass is 10.1. The lowest BCUT2D eigenvalue weighted by Gasteiger charge is -2.35. The number of aromatic nitrogens is 6. The minimum Gasteiger partial charge on any atom is -0.444 e. The number of fused-ring (bicyclic) bond motifs is 1. The van der Waals surface area contributed by atoms with Gasteiger partial charge in [-0.3, -0.25) is 9.59 Å². The van der Waals surface area contributed by atoms with Crippen LogP contribution in [0.4, 0.5) is 23.7 Å². The van der Waals surface area contributed by atoms with E-state index in [1.54, 1.807) is 36.3 Å². The van der Waals surface area contributed by atoms with E-state index in [-0.39, 0.29) is 84.4 Å². The number of alkyl halides is 3. The van der Waals surface area contributed by atoms with Crippen molar-refractivity contribution in [1.82, 2.24) is 38.7 Å². The first kappa shape index (κ1) is 37.8. The number of nitrogens with zero attached hydrogens (tertiary/aromatic N) is 9. The van der Waals surface area contributed by atoms with Gasteiger partial charge in [-0.25, -0.2) is 19.4 Å². The maximum Gasteiger partial charge on any atom is 0.435 e. The number of ether oxygens (including phenoxy) is 1. The van der Waals surface area contributed by atoms with Crippen molar-refractivity contribution >= 4 is 46.2 Å². The molecule has 5 aromatic rings. The molecule has 0 spiro atoms. The number of benzene rings is 1. The number of carbonyl (C=O) groups excluding carboxylic acids is 3. The second kappa shape index (κ2) is 14.5. The molecule has 282 valence electrons. The molecular formula is C35H34ClF3N10O5. The van der Waals surface area contributed by atoms with Crippen LogP contribution in [0.1, 0.15) is 53.1 Å². The highest BCUT2D eigenvalue weighted by molar-refractivity contribution is 6.34. The van der Waals surface area contributed by atoms with Gasteiger partial charge >= 0.3 is 12.3 Å². The van der Waals surface area contributed by atoms with Gasteiger partial charge in [-0.05, 0) is 57.2 Å². The van der Waals surface area contributed by atoms with E-state index in [0.717, 1.165) is 17.1 Å². The summed E-state index contributed by atoms with van der Waals surface area (Å²) in [4.78, 5) is 50.5. The summed E-state index contributed by atoms with van der Waals surface area (Å²) in [6.45, 7) is 5.96. The monoisotopic (exact) mass is 766 g/mol. The molecule has 0 saturated carbocycles. The molecule has 0 aliphatic carbocycles. The largest absolute Gasteiger partial charge is 0.444 e. The Morgan fingerprint density at radius 1 is 1.06 bits per heavy atom. The fourth-order valence-corrected chi connectivity index (χ4v) is 6.26. The first-order chi connectivity index (χ1) is 25.5.